The first kappa shape index (κ1) is 21.2. The molecule has 0 radical (unpaired) electrons. The fourth-order valence-electron chi connectivity index (χ4n) is 3.68. The van der Waals surface area contributed by atoms with Gasteiger partial charge in [-0.15, -0.1) is 0 Å². The maximum atomic E-state index is 12.8. The molecule has 7 heteroatoms. The molecule has 0 fully saturated rings. The molecular weight excluding hydrogens is 404 g/mol. The molecule has 2 aromatic carbocycles. The highest BCUT2D eigenvalue weighted by Gasteiger charge is 2.34. The molecule has 162 valence electrons. The molecule has 4 rings (SSSR count). The number of hydrogen-bond acceptors (Lipinski definition) is 3. The maximum Gasteiger partial charge on any atom is 0.349 e. The number of aryl methyl sites for hydroxylation is 1. The summed E-state index contributed by atoms with van der Waals surface area (Å²) in [5.41, 5.74) is 3.27. The van der Waals surface area contributed by atoms with Gasteiger partial charge in [0.25, 0.3) is 0 Å². The van der Waals surface area contributed by atoms with Crippen molar-refractivity contribution in [1.82, 2.24) is 4.90 Å². The standard InChI is InChI=1S/C25H24N4O3/c1-17-7-5-9-19(15-17)26-24(30)28-23-21-11-3-4-12-22(21)27-25(31)29(23)14-13-18-8-6-10-20(16-18)32-2/h3-12,15-16,21H,13-14H2,1-2H3,(H,26,30)/b28-23-. The lowest BCUT2D eigenvalue weighted by atomic mass is 9.94. The number of amides is 4. The summed E-state index contributed by atoms with van der Waals surface area (Å²) in [6.45, 7) is 2.29. The second-order valence-corrected chi connectivity index (χ2v) is 7.56. The van der Waals surface area contributed by atoms with Crippen molar-refractivity contribution < 1.29 is 14.3 Å². The minimum Gasteiger partial charge on any atom is -0.497 e. The van der Waals surface area contributed by atoms with Crippen LogP contribution in [0.2, 0.25) is 0 Å². The molecule has 1 atom stereocenters. The van der Waals surface area contributed by atoms with Gasteiger partial charge in [0.15, 0.2) is 0 Å². The minimum absolute atomic E-state index is 0.341. The highest BCUT2D eigenvalue weighted by molar-refractivity contribution is 6.24. The molecule has 7 nitrogen and oxygen atoms in total. The average molecular weight is 428 g/mol. The number of allylic oxidation sites excluding steroid dienone is 3. The second-order valence-electron chi connectivity index (χ2n) is 7.56. The van der Waals surface area contributed by atoms with E-state index < -0.39 is 12.1 Å². The van der Waals surface area contributed by atoms with Crippen LogP contribution in [0.25, 0.3) is 0 Å². The van der Waals surface area contributed by atoms with Crippen molar-refractivity contribution in [1.29, 1.82) is 0 Å². The molecule has 0 spiro atoms. The second kappa shape index (κ2) is 9.43. The van der Waals surface area contributed by atoms with Crippen LogP contribution in [0.1, 0.15) is 11.1 Å². The molecule has 0 saturated carbocycles. The molecule has 1 aliphatic carbocycles. The molecule has 32 heavy (non-hydrogen) atoms. The molecule has 1 aliphatic heterocycles. The van der Waals surface area contributed by atoms with Crippen molar-refractivity contribution >= 4 is 29.3 Å². The fourth-order valence-corrected chi connectivity index (χ4v) is 3.68. The van der Waals surface area contributed by atoms with E-state index in [1.165, 1.54) is 4.90 Å². The van der Waals surface area contributed by atoms with E-state index in [0.717, 1.165) is 16.9 Å². The van der Waals surface area contributed by atoms with E-state index >= 15 is 0 Å². The highest BCUT2D eigenvalue weighted by atomic mass is 16.5. The zero-order chi connectivity index (χ0) is 22.5. The molecule has 1 heterocycles. The first-order valence-corrected chi connectivity index (χ1v) is 10.4. The van der Waals surface area contributed by atoms with Crippen molar-refractivity contribution in [2.75, 3.05) is 19.0 Å². The van der Waals surface area contributed by atoms with E-state index in [0.29, 0.717) is 30.2 Å². The summed E-state index contributed by atoms with van der Waals surface area (Å²) in [7, 11) is 1.62. The van der Waals surface area contributed by atoms with Gasteiger partial charge in [-0.05, 0) is 54.8 Å². The SMILES string of the molecule is COc1cccc(CCN2C(=O)N=C3C=CC=CC3/C2=N/C(=O)Nc2cccc(C)c2)c1. The van der Waals surface area contributed by atoms with Crippen LogP contribution >= 0.6 is 0 Å². The molecule has 1 unspecified atom stereocenters. The number of benzene rings is 2. The number of methoxy groups -OCH3 is 1. The van der Waals surface area contributed by atoms with Crippen LogP contribution in [0.4, 0.5) is 15.3 Å². The van der Waals surface area contributed by atoms with E-state index in [1.807, 2.05) is 67.6 Å². The Kier molecular flexibility index (Phi) is 6.26. The Labute approximate surface area is 186 Å². The Morgan fingerprint density at radius 1 is 1.19 bits per heavy atom. The number of hydrogen-bond donors (Lipinski definition) is 1. The smallest absolute Gasteiger partial charge is 0.349 e. The zero-order valence-corrected chi connectivity index (χ0v) is 18.0. The molecule has 0 bridgehead atoms. The van der Waals surface area contributed by atoms with Gasteiger partial charge in [-0.3, -0.25) is 4.90 Å². The van der Waals surface area contributed by atoms with E-state index in [-0.39, 0.29) is 5.92 Å². The normalized spacial score (nSPS) is 18.4. The van der Waals surface area contributed by atoms with Gasteiger partial charge in [-0.2, -0.15) is 9.98 Å². The van der Waals surface area contributed by atoms with Gasteiger partial charge >= 0.3 is 12.1 Å². The largest absolute Gasteiger partial charge is 0.497 e. The quantitative estimate of drug-likeness (QED) is 0.743. The Morgan fingerprint density at radius 3 is 2.84 bits per heavy atom. The number of aliphatic imine (C=N–C) groups is 2. The summed E-state index contributed by atoms with van der Waals surface area (Å²) in [6.07, 6.45) is 7.92. The fraction of sp³-hybridized carbons (Fsp3) is 0.200. The van der Waals surface area contributed by atoms with Crippen molar-refractivity contribution in [3.8, 4) is 5.75 Å². The number of nitrogens with zero attached hydrogens (tertiary/aromatic N) is 3. The summed E-state index contributed by atoms with van der Waals surface area (Å²) in [4.78, 5) is 35.6. The number of amidine groups is 1. The van der Waals surface area contributed by atoms with Gasteiger partial charge in [0.2, 0.25) is 0 Å². The molecule has 0 saturated heterocycles. The highest BCUT2D eigenvalue weighted by Crippen LogP contribution is 2.22. The number of anilines is 1. The van der Waals surface area contributed by atoms with Crippen LogP contribution in [0.5, 0.6) is 5.75 Å². The lowest BCUT2D eigenvalue weighted by Gasteiger charge is -2.31. The number of urea groups is 2. The first-order valence-electron chi connectivity index (χ1n) is 10.4. The number of carbonyl (C=O) groups excluding carboxylic acids is 2. The Morgan fingerprint density at radius 2 is 2.03 bits per heavy atom. The van der Waals surface area contributed by atoms with Gasteiger partial charge < -0.3 is 10.1 Å². The van der Waals surface area contributed by atoms with E-state index in [4.69, 9.17) is 4.74 Å². The summed E-state index contributed by atoms with van der Waals surface area (Å²) in [6, 6.07) is 14.2. The van der Waals surface area contributed by atoms with E-state index in [1.54, 1.807) is 19.3 Å². The summed E-state index contributed by atoms with van der Waals surface area (Å²) in [5, 5.41) is 2.79. The van der Waals surface area contributed by atoms with Gasteiger partial charge in [-0.25, -0.2) is 9.59 Å². The average Bonchev–Trinajstić information content (AvgIpc) is 2.78. The monoisotopic (exact) mass is 428 g/mol. The predicted molar refractivity (Wildman–Crippen MR) is 126 cm³/mol. The van der Waals surface area contributed by atoms with Crippen LogP contribution in [-0.4, -0.2) is 42.2 Å². The molecule has 4 amide bonds. The number of ether oxygens (including phenoxy) is 1. The molecule has 0 aromatic heterocycles. The molecule has 2 aromatic rings. The Hall–Kier alpha value is -4.00. The predicted octanol–water partition coefficient (Wildman–Crippen LogP) is 4.80. The van der Waals surface area contributed by atoms with Crippen LogP contribution in [0.15, 0.2) is 82.8 Å². The minimum atomic E-state index is -0.533. The van der Waals surface area contributed by atoms with Crippen molar-refractivity contribution in [2.24, 2.45) is 15.9 Å². The molecule has 1 N–H and O–H groups in total. The third-order valence-electron chi connectivity index (χ3n) is 5.25. The van der Waals surface area contributed by atoms with Gasteiger partial charge in [0.1, 0.15) is 11.6 Å². The lowest BCUT2D eigenvalue weighted by molar-refractivity contribution is 0.228. The summed E-state index contributed by atoms with van der Waals surface area (Å²) < 4.78 is 5.28. The van der Waals surface area contributed by atoms with Crippen molar-refractivity contribution in [2.45, 2.75) is 13.3 Å². The third-order valence-corrected chi connectivity index (χ3v) is 5.25. The maximum absolute atomic E-state index is 12.8. The van der Waals surface area contributed by atoms with Gasteiger partial charge in [0.05, 0.1) is 18.7 Å². The summed E-state index contributed by atoms with van der Waals surface area (Å²) >= 11 is 0. The first-order chi connectivity index (χ1) is 15.5. The van der Waals surface area contributed by atoms with Crippen LogP contribution in [0.3, 0.4) is 0 Å². The number of nitrogens with one attached hydrogen (secondary N) is 1. The Bertz CT molecular complexity index is 1160. The molecule has 2 aliphatic rings. The van der Waals surface area contributed by atoms with Crippen LogP contribution < -0.4 is 10.1 Å². The van der Waals surface area contributed by atoms with Gasteiger partial charge in [0, 0.05) is 12.2 Å². The topological polar surface area (TPSA) is 83.4 Å². The zero-order valence-electron chi connectivity index (χ0n) is 18.0. The van der Waals surface area contributed by atoms with Crippen molar-refractivity contribution in [3.63, 3.8) is 0 Å². The van der Waals surface area contributed by atoms with Crippen molar-refractivity contribution in [3.05, 3.63) is 84.0 Å². The molecular formula is C25H24N4O3. The van der Waals surface area contributed by atoms with Gasteiger partial charge in [-0.1, -0.05) is 42.5 Å². The van der Waals surface area contributed by atoms with Crippen LogP contribution in [0, 0.1) is 12.8 Å². The summed E-state index contributed by atoms with van der Waals surface area (Å²) in [5.74, 6) is 0.763. The number of carbonyl (C=O) groups is 2. The van der Waals surface area contributed by atoms with E-state index in [2.05, 4.69) is 15.3 Å². The number of rotatable bonds is 5. The Balaban J connectivity index is 1.60. The van der Waals surface area contributed by atoms with E-state index in [9.17, 15) is 9.59 Å². The lowest BCUT2D eigenvalue weighted by Crippen LogP contribution is -2.47. The third kappa shape index (κ3) is 4.83. The van der Waals surface area contributed by atoms with Crippen LogP contribution in [-0.2, 0) is 6.42 Å². The number of fused-ring (bicyclic) bond motifs is 1.